The fourth-order valence-corrected chi connectivity index (χ4v) is 2.26. The summed E-state index contributed by atoms with van der Waals surface area (Å²) in [5.41, 5.74) is 1.00. The van der Waals surface area contributed by atoms with E-state index < -0.39 is 0 Å². The molecule has 90 valence electrons. The molecule has 0 unspecified atom stereocenters. The Morgan fingerprint density at radius 2 is 2.12 bits per heavy atom. The molecule has 0 bridgehead atoms. The Labute approximate surface area is 110 Å². The summed E-state index contributed by atoms with van der Waals surface area (Å²) < 4.78 is 10.9. The van der Waals surface area contributed by atoms with Gasteiger partial charge in [0.15, 0.2) is 0 Å². The van der Waals surface area contributed by atoms with Gasteiger partial charge in [0.2, 0.25) is 0 Å². The van der Waals surface area contributed by atoms with Crippen molar-refractivity contribution >= 4 is 27.5 Å². The highest BCUT2D eigenvalue weighted by molar-refractivity contribution is 9.08. The molecule has 0 heterocycles. The molecule has 1 rings (SSSR count). The van der Waals surface area contributed by atoms with Crippen molar-refractivity contribution in [1.29, 1.82) is 0 Å². The van der Waals surface area contributed by atoms with Gasteiger partial charge in [0, 0.05) is 35.6 Å². The van der Waals surface area contributed by atoms with Crippen molar-refractivity contribution in [3.8, 4) is 5.75 Å². The molecule has 0 fully saturated rings. The number of hydrogen-bond donors (Lipinski definition) is 0. The highest BCUT2D eigenvalue weighted by atomic mass is 79.9. The Hall–Kier alpha value is -0.250. The summed E-state index contributed by atoms with van der Waals surface area (Å²) in [5, 5.41) is 1.44. The minimum absolute atomic E-state index is 0.653. The standard InChI is InChI=1S/C12H16BrClO2/c1-2-15-7-4-8-16-12-6-3-5-11(14)10(12)9-13/h3,5-6H,2,4,7-9H2,1H3. The number of halogens is 2. The summed E-state index contributed by atoms with van der Waals surface area (Å²) in [6.45, 7) is 4.13. The number of alkyl halides is 1. The Bertz CT molecular complexity index is 318. The Morgan fingerprint density at radius 3 is 2.81 bits per heavy atom. The Morgan fingerprint density at radius 1 is 1.31 bits per heavy atom. The van der Waals surface area contributed by atoms with E-state index in [4.69, 9.17) is 21.1 Å². The summed E-state index contributed by atoms with van der Waals surface area (Å²) in [6, 6.07) is 5.70. The third-order valence-corrected chi connectivity index (χ3v) is 3.02. The Balaban J connectivity index is 2.44. The second-order valence-electron chi connectivity index (χ2n) is 3.25. The van der Waals surface area contributed by atoms with Crippen molar-refractivity contribution in [1.82, 2.24) is 0 Å². The van der Waals surface area contributed by atoms with Crippen LogP contribution in [0.1, 0.15) is 18.9 Å². The normalized spacial score (nSPS) is 10.4. The van der Waals surface area contributed by atoms with Gasteiger partial charge in [0.1, 0.15) is 5.75 Å². The maximum Gasteiger partial charge on any atom is 0.124 e. The molecule has 16 heavy (non-hydrogen) atoms. The lowest BCUT2D eigenvalue weighted by Crippen LogP contribution is -2.04. The minimum Gasteiger partial charge on any atom is -0.493 e. The van der Waals surface area contributed by atoms with Crippen LogP contribution in [-0.2, 0) is 10.1 Å². The largest absolute Gasteiger partial charge is 0.493 e. The SMILES string of the molecule is CCOCCCOc1cccc(Cl)c1CBr. The van der Waals surface area contributed by atoms with Crippen molar-refractivity contribution in [3.63, 3.8) is 0 Å². The lowest BCUT2D eigenvalue weighted by Gasteiger charge is -2.11. The van der Waals surface area contributed by atoms with Crippen molar-refractivity contribution in [2.45, 2.75) is 18.7 Å². The molecule has 0 aliphatic heterocycles. The van der Waals surface area contributed by atoms with E-state index in [9.17, 15) is 0 Å². The molecule has 2 nitrogen and oxygen atoms in total. The van der Waals surface area contributed by atoms with E-state index in [1.54, 1.807) is 0 Å². The molecule has 0 radical (unpaired) electrons. The van der Waals surface area contributed by atoms with Crippen molar-refractivity contribution < 1.29 is 9.47 Å². The highest BCUT2D eigenvalue weighted by Gasteiger charge is 2.06. The molecular weight excluding hydrogens is 291 g/mol. The second-order valence-corrected chi connectivity index (χ2v) is 4.22. The predicted octanol–water partition coefficient (Wildman–Crippen LogP) is 4.04. The number of rotatable bonds is 7. The van der Waals surface area contributed by atoms with Gasteiger partial charge in [-0.25, -0.2) is 0 Å². The average Bonchev–Trinajstić information content (AvgIpc) is 2.29. The third-order valence-electron chi connectivity index (χ3n) is 2.10. The summed E-state index contributed by atoms with van der Waals surface area (Å²) in [4.78, 5) is 0. The zero-order valence-electron chi connectivity index (χ0n) is 9.34. The summed E-state index contributed by atoms with van der Waals surface area (Å²) in [6.07, 6.45) is 0.891. The van der Waals surface area contributed by atoms with E-state index in [1.165, 1.54) is 0 Å². The van der Waals surface area contributed by atoms with E-state index in [1.807, 2.05) is 25.1 Å². The van der Waals surface area contributed by atoms with Gasteiger partial charge in [-0.3, -0.25) is 0 Å². The van der Waals surface area contributed by atoms with Gasteiger partial charge in [0.05, 0.1) is 6.61 Å². The third kappa shape index (κ3) is 4.32. The summed E-state index contributed by atoms with van der Waals surface area (Å²) >= 11 is 9.46. The van der Waals surface area contributed by atoms with E-state index >= 15 is 0 Å². The van der Waals surface area contributed by atoms with Crippen LogP contribution in [-0.4, -0.2) is 19.8 Å². The van der Waals surface area contributed by atoms with Crippen LogP contribution in [0, 0.1) is 0 Å². The zero-order chi connectivity index (χ0) is 11.8. The molecule has 0 saturated carbocycles. The number of benzene rings is 1. The quantitative estimate of drug-likeness (QED) is 0.559. The van der Waals surface area contributed by atoms with Gasteiger partial charge < -0.3 is 9.47 Å². The second kappa shape index (κ2) is 7.93. The molecule has 1 aromatic carbocycles. The predicted molar refractivity (Wildman–Crippen MR) is 70.7 cm³/mol. The molecule has 0 saturated heterocycles. The molecule has 0 amide bonds. The monoisotopic (exact) mass is 306 g/mol. The molecule has 0 aliphatic rings. The first-order chi connectivity index (χ1) is 7.79. The molecule has 1 aromatic rings. The maximum atomic E-state index is 6.06. The van der Waals surface area contributed by atoms with Gasteiger partial charge in [0.25, 0.3) is 0 Å². The zero-order valence-corrected chi connectivity index (χ0v) is 11.7. The fraction of sp³-hybridized carbons (Fsp3) is 0.500. The van der Waals surface area contributed by atoms with Crippen LogP contribution in [0.3, 0.4) is 0 Å². The number of hydrogen-bond acceptors (Lipinski definition) is 2. The highest BCUT2D eigenvalue weighted by Crippen LogP contribution is 2.28. The van der Waals surface area contributed by atoms with Crippen LogP contribution in [0.5, 0.6) is 5.75 Å². The van der Waals surface area contributed by atoms with Gasteiger partial charge in [-0.1, -0.05) is 33.6 Å². The van der Waals surface area contributed by atoms with E-state index in [0.717, 1.165) is 36.0 Å². The molecule has 0 N–H and O–H groups in total. The van der Waals surface area contributed by atoms with Gasteiger partial charge in [-0.2, -0.15) is 0 Å². The summed E-state index contributed by atoms with van der Waals surface area (Å²) in [5.74, 6) is 0.848. The lowest BCUT2D eigenvalue weighted by molar-refractivity contribution is 0.130. The average molecular weight is 308 g/mol. The molecular formula is C12H16BrClO2. The first-order valence-electron chi connectivity index (χ1n) is 5.33. The maximum absolute atomic E-state index is 6.06. The van der Waals surface area contributed by atoms with Gasteiger partial charge in [-0.05, 0) is 19.1 Å². The molecule has 0 atom stereocenters. The van der Waals surface area contributed by atoms with Crippen LogP contribution in [0.4, 0.5) is 0 Å². The van der Waals surface area contributed by atoms with E-state index in [0.29, 0.717) is 11.9 Å². The van der Waals surface area contributed by atoms with Gasteiger partial charge >= 0.3 is 0 Å². The molecule has 4 heteroatoms. The lowest BCUT2D eigenvalue weighted by atomic mass is 10.2. The van der Waals surface area contributed by atoms with Crippen LogP contribution >= 0.6 is 27.5 Å². The first kappa shape index (κ1) is 13.8. The van der Waals surface area contributed by atoms with Crippen molar-refractivity contribution in [2.75, 3.05) is 19.8 Å². The van der Waals surface area contributed by atoms with Gasteiger partial charge in [-0.15, -0.1) is 0 Å². The van der Waals surface area contributed by atoms with Crippen LogP contribution in [0.25, 0.3) is 0 Å². The van der Waals surface area contributed by atoms with E-state index in [-0.39, 0.29) is 0 Å². The fourth-order valence-electron chi connectivity index (χ4n) is 1.29. The molecule has 0 aliphatic carbocycles. The van der Waals surface area contributed by atoms with Crippen molar-refractivity contribution in [2.24, 2.45) is 0 Å². The molecule has 0 spiro atoms. The van der Waals surface area contributed by atoms with Crippen LogP contribution in [0.15, 0.2) is 18.2 Å². The summed E-state index contributed by atoms with van der Waals surface area (Å²) in [7, 11) is 0. The van der Waals surface area contributed by atoms with Crippen LogP contribution in [0.2, 0.25) is 5.02 Å². The van der Waals surface area contributed by atoms with E-state index in [2.05, 4.69) is 15.9 Å². The number of ether oxygens (including phenoxy) is 2. The smallest absolute Gasteiger partial charge is 0.124 e. The Kier molecular flexibility index (Phi) is 6.85. The molecule has 0 aromatic heterocycles. The van der Waals surface area contributed by atoms with Crippen molar-refractivity contribution in [3.05, 3.63) is 28.8 Å². The topological polar surface area (TPSA) is 18.5 Å². The first-order valence-corrected chi connectivity index (χ1v) is 6.83. The van der Waals surface area contributed by atoms with Crippen LogP contribution < -0.4 is 4.74 Å². The minimum atomic E-state index is 0.653.